The molecule has 2 rings (SSSR count). The highest BCUT2D eigenvalue weighted by Crippen LogP contribution is 2.33. The van der Waals surface area contributed by atoms with Gasteiger partial charge in [-0.05, 0) is 18.2 Å². The van der Waals surface area contributed by atoms with Crippen LogP contribution in [0.15, 0.2) is 48.8 Å². The number of hydrogen-bond donors (Lipinski definition) is 1. The van der Waals surface area contributed by atoms with E-state index in [9.17, 15) is 13.2 Å². The SMILES string of the molecule is NC(COc1ccccc1)c1cnccc1C(F)(F)F. The summed E-state index contributed by atoms with van der Waals surface area (Å²) in [6.07, 6.45) is -2.23. The molecule has 0 saturated heterocycles. The van der Waals surface area contributed by atoms with E-state index in [2.05, 4.69) is 4.98 Å². The zero-order valence-electron chi connectivity index (χ0n) is 10.5. The first kappa shape index (κ1) is 14.3. The van der Waals surface area contributed by atoms with Crippen molar-refractivity contribution in [2.45, 2.75) is 12.2 Å². The number of halogens is 3. The number of aromatic nitrogens is 1. The summed E-state index contributed by atoms with van der Waals surface area (Å²) >= 11 is 0. The van der Waals surface area contributed by atoms with Crippen LogP contribution in [0.3, 0.4) is 0 Å². The van der Waals surface area contributed by atoms with Gasteiger partial charge >= 0.3 is 6.18 Å². The Morgan fingerprint density at radius 2 is 1.85 bits per heavy atom. The Morgan fingerprint density at radius 1 is 1.15 bits per heavy atom. The van der Waals surface area contributed by atoms with Gasteiger partial charge in [0.1, 0.15) is 12.4 Å². The predicted octanol–water partition coefficient (Wildman–Crippen LogP) is 3.18. The average Bonchev–Trinajstić information content (AvgIpc) is 2.45. The van der Waals surface area contributed by atoms with Crippen LogP contribution in [0.25, 0.3) is 0 Å². The summed E-state index contributed by atoms with van der Waals surface area (Å²) in [5.74, 6) is 0.556. The molecule has 0 bridgehead atoms. The highest BCUT2D eigenvalue weighted by Gasteiger charge is 2.34. The minimum atomic E-state index is -4.46. The number of benzene rings is 1. The summed E-state index contributed by atoms with van der Waals surface area (Å²) in [6.45, 7) is -0.0568. The Bertz CT molecular complexity index is 558. The topological polar surface area (TPSA) is 48.1 Å². The van der Waals surface area contributed by atoms with E-state index in [1.807, 2.05) is 6.07 Å². The van der Waals surface area contributed by atoms with Crippen LogP contribution in [0.5, 0.6) is 5.75 Å². The molecular formula is C14H13F3N2O. The monoisotopic (exact) mass is 282 g/mol. The van der Waals surface area contributed by atoms with E-state index in [0.29, 0.717) is 5.75 Å². The molecule has 0 fully saturated rings. The first-order chi connectivity index (χ1) is 9.48. The molecule has 20 heavy (non-hydrogen) atoms. The molecule has 1 aromatic carbocycles. The number of hydrogen-bond acceptors (Lipinski definition) is 3. The van der Waals surface area contributed by atoms with E-state index in [4.69, 9.17) is 10.5 Å². The van der Waals surface area contributed by atoms with Gasteiger partial charge in [-0.3, -0.25) is 4.98 Å². The lowest BCUT2D eigenvalue weighted by atomic mass is 10.0. The highest BCUT2D eigenvalue weighted by molar-refractivity contribution is 5.29. The standard InChI is InChI=1S/C14H13F3N2O/c15-14(16,17)12-6-7-19-8-11(12)13(18)9-20-10-4-2-1-3-5-10/h1-8,13H,9,18H2. The van der Waals surface area contributed by atoms with Crippen LogP contribution in [0.1, 0.15) is 17.2 Å². The van der Waals surface area contributed by atoms with E-state index in [-0.39, 0.29) is 12.2 Å². The second-order valence-electron chi connectivity index (χ2n) is 4.19. The predicted molar refractivity (Wildman–Crippen MR) is 68.1 cm³/mol. The lowest BCUT2D eigenvalue weighted by Crippen LogP contribution is -2.23. The van der Waals surface area contributed by atoms with Crippen LogP contribution in [0, 0.1) is 0 Å². The zero-order valence-corrected chi connectivity index (χ0v) is 10.5. The van der Waals surface area contributed by atoms with E-state index < -0.39 is 17.8 Å². The molecule has 0 spiro atoms. The first-order valence-electron chi connectivity index (χ1n) is 5.93. The van der Waals surface area contributed by atoms with Gasteiger partial charge in [0.05, 0.1) is 11.6 Å². The maximum absolute atomic E-state index is 12.8. The fraction of sp³-hybridized carbons (Fsp3) is 0.214. The summed E-state index contributed by atoms with van der Waals surface area (Å²) in [6, 6.07) is 8.79. The van der Waals surface area contributed by atoms with Crippen LogP contribution in [0.2, 0.25) is 0 Å². The first-order valence-corrected chi connectivity index (χ1v) is 5.93. The maximum atomic E-state index is 12.8. The number of alkyl halides is 3. The van der Waals surface area contributed by atoms with Crippen molar-refractivity contribution in [1.82, 2.24) is 4.98 Å². The Kier molecular flexibility index (Phi) is 4.24. The Labute approximate surface area is 114 Å². The molecule has 1 aromatic heterocycles. The molecule has 6 heteroatoms. The number of pyridine rings is 1. The molecule has 0 aliphatic heterocycles. The molecule has 2 aromatic rings. The molecule has 1 unspecified atom stereocenters. The van der Waals surface area contributed by atoms with Gasteiger partial charge in [-0.25, -0.2) is 0 Å². The molecule has 0 radical (unpaired) electrons. The van der Waals surface area contributed by atoms with Crippen LogP contribution < -0.4 is 10.5 Å². The van der Waals surface area contributed by atoms with Crippen LogP contribution >= 0.6 is 0 Å². The molecule has 2 N–H and O–H groups in total. The van der Waals surface area contributed by atoms with Gasteiger partial charge in [-0.1, -0.05) is 18.2 Å². The van der Waals surface area contributed by atoms with Crippen LogP contribution in [-0.2, 0) is 6.18 Å². The van der Waals surface area contributed by atoms with Crippen molar-refractivity contribution in [3.8, 4) is 5.75 Å². The van der Waals surface area contributed by atoms with E-state index in [1.54, 1.807) is 24.3 Å². The molecule has 0 amide bonds. The van der Waals surface area contributed by atoms with Crippen molar-refractivity contribution in [1.29, 1.82) is 0 Å². The van der Waals surface area contributed by atoms with E-state index in [1.165, 1.54) is 0 Å². The fourth-order valence-corrected chi connectivity index (χ4v) is 1.75. The van der Waals surface area contributed by atoms with Crippen molar-refractivity contribution in [3.63, 3.8) is 0 Å². The third kappa shape index (κ3) is 3.48. The summed E-state index contributed by atoms with van der Waals surface area (Å²) < 4.78 is 43.9. The Hall–Kier alpha value is -2.08. The third-order valence-corrected chi connectivity index (χ3v) is 2.73. The van der Waals surface area contributed by atoms with Gasteiger partial charge in [0.15, 0.2) is 0 Å². The largest absolute Gasteiger partial charge is 0.492 e. The van der Waals surface area contributed by atoms with Crippen LogP contribution in [0.4, 0.5) is 13.2 Å². The van der Waals surface area contributed by atoms with Gasteiger partial charge < -0.3 is 10.5 Å². The quantitative estimate of drug-likeness (QED) is 0.937. The smallest absolute Gasteiger partial charge is 0.416 e. The molecule has 1 atom stereocenters. The number of nitrogens with zero attached hydrogens (tertiary/aromatic N) is 1. The average molecular weight is 282 g/mol. The normalized spacial score (nSPS) is 13.0. The summed E-state index contributed by atoms with van der Waals surface area (Å²) in [7, 11) is 0. The van der Waals surface area contributed by atoms with Gasteiger partial charge in [0.25, 0.3) is 0 Å². The Balaban J connectivity index is 2.12. The minimum Gasteiger partial charge on any atom is -0.492 e. The molecule has 0 saturated carbocycles. The number of nitrogens with two attached hydrogens (primary N) is 1. The molecule has 106 valence electrons. The van der Waals surface area contributed by atoms with Crippen LogP contribution in [-0.4, -0.2) is 11.6 Å². The molecule has 1 heterocycles. The van der Waals surface area contributed by atoms with Crippen molar-refractivity contribution < 1.29 is 17.9 Å². The highest BCUT2D eigenvalue weighted by atomic mass is 19.4. The van der Waals surface area contributed by atoms with Crippen molar-refractivity contribution in [3.05, 3.63) is 59.9 Å². The van der Waals surface area contributed by atoms with Gasteiger partial charge in [0.2, 0.25) is 0 Å². The summed E-state index contributed by atoms with van der Waals surface area (Å²) in [4.78, 5) is 3.70. The fourth-order valence-electron chi connectivity index (χ4n) is 1.75. The van der Waals surface area contributed by atoms with Gasteiger partial charge in [-0.15, -0.1) is 0 Å². The van der Waals surface area contributed by atoms with E-state index >= 15 is 0 Å². The number of para-hydroxylation sites is 1. The second kappa shape index (κ2) is 5.92. The maximum Gasteiger partial charge on any atom is 0.416 e. The van der Waals surface area contributed by atoms with Crippen molar-refractivity contribution in [2.24, 2.45) is 5.73 Å². The minimum absolute atomic E-state index is 0.0568. The van der Waals surface area contributed by atoms with Gasteiger partial charge in [-0.2, -0.15) is 13.2 Å². The molecule has 0 aliphatic rings. The van der Waals surface area contributed by atoms with Crippen molar-refractivity contribution >= 4 is 0 Å². The Morgan fingerprint density at radius 3 is 2.50 bits per heavy atom. The second-order valence-corrected chi connectivity index (χ2v) is 4.19. The lowest BCUT2D eigenvalue weighted by Gasteiger charge is -2.18. The molecule has 0 aliphatic carbocycles. The molecular weight excluding hydrogens is 269 g/mol. The van der Waals surface area contributed by atoms with Crippen molar-refractivity contribution in [2.75, 3.05) is 6.61 Å². The zero-order chi connectivity index (χ0) is 14.6. The summed E-state index contributed by atoms with van der Waals surface area (Å²) in [5.41, 5.74) is 4.92. The number of ether oxygens (including phenoxy) is 1. The molecule has 3 nitrogen and oxygen atoms in total. The summed E-state index contributed by atoms with van der Waals surface area (Å²) in [5, 5.41) is 0. The lowest BCUT2D eigenvalue weighted by molar-refractivity contribution is -0.138. The third-order valence-electron chi connectivity index (χ3n) is 2.73. The number of rotatable bonds is 4. The van der Waals surface area contributed by atoms with E-state index in [0.717, 1.165) is 18.5 Å². The van der Waals surface area contributed by atoms with Gasteiger partial charge in [0, 0.05) is 18.0 Å².